The first-order valence-electron chi connectivity index (χ1n) is 12.3. The first-order chi connectivity index (χ1) is 18.7. The van der Waals surface area contributed by atoms with Gasteiger partial charge in [-0.1, -0.05) is 5.16 Å². The molecular weight excluding hydrogens is 517 g/mol. The average molecular weight is 547 g/mol. The van der Waals surface area contributed by atoms with Gasteiger partial charge in [0.1, 0.15) is 12.0 Å². The molecule has 4 aromatic rings. The van der Waals surface area contributed by atoms with E-state index in [9.17, 15) is 18.0 Å². The number of primary amides is 1. The minimum absolute atomic E-state index is 0.0538. The molecule has 5 N–H and O–H groups in total. The maximum absolute atomic E-state index is 12.6. The number of hydrogen-bond acceptors (Lipinski definition) is 8. The van der Waals surface area contributed by atoms with Crippen LogP contribution < -0.4 is 21.1 Å². The molecule has 2 aromatic carbocycles. The third kappa shape index (κ3) is 8.19. The summed E-state index contributed by atoms with van der Waals surface area (Å²) in [5.41, 5.74) is 9.27. The standard InChI is InChI=1S/C26H29F3N6O4/c1-16(32-12-17-7-19(25(30)36)9-21(8-17)39-26(27,28)29)3-2-5-37-6-4-31-23-10-18(20-13-34-38-15-20)11-24-22(23)14-33-35-24/h7-11,13-16,31-32H,2-6,12H2,1H3,(H2,30,36)(H,33,35)/t16-/m0/s1. The van der Waals surface area contributed by atoms with Crippen LogP contribution in [-0.4, -0.2) is 53.4 Å². The molecule has 0 saturated heterocycles. The highest BCUT2D eigenvalue weighted by molar-refractivity contribution is 5.95. The number of amides is 1. The van der Waals surface area contributed by atoms with Crippen LogP contribution in [0.5, 0.6) is 5.75 Å². The Morgan fingerprint density at radius 3 is 2.74 bits per heavy atom. The number of hydrogen-bond donors (Lipinski definition) is 4. The van der Waals surface area contributed by atoms with Crippen molar-refractivity contribution in [3.05, 3.63) is 60.1 Å². The molecule has 0 saturated carbocycles. The topological polar surface area (TPSA) is 140 Å². The Kier molecular flexibility index (Phi) is 9.04. The number of carbonyl (C=O) groups excluding carboxylic acids is 1. The van der Waals surface area contributed by atoms with E-state index in [1.165, 1.54) is 12.1 Å². The van der Waals surface area contributed by atoms with E-state index < -0.39 is 18.0 Å². The van der Waals surface area contributed by atoms with Gasteiger partial charge < -0.3 is 30.4 Å². The quantitative estimate of drug-likeness (QED) is 0.168. The molecule has 4 rings (SSSR count). The number of aromatic amines is 1. The number of nitrogens with one attached hydrogen (secondary N) is 3. The number of benzene rings is 2. The molecule has 0 spiro atoms. The van der Waals surface area contributed by atoms with Crippen LogP contribution in [-0.2, 0) is 11.3 Å². The van der Waals surface area contributed by atoms with Crippen LogP contribution in [0.1, 0.15) is 35.7 Å². The molecule has 0 fully saturated rings. The lowest BCUT2D eigenvalue weighted by molar-refractivity contribution is -0.274. The van der Waals surface area contributed by atoms with Crippen LogP contribution in [0.2, 0.25) is 0 Å². The number of H-pyrrole nitrogens is 1. The Morgan fingerprint density at radius 2 is 2.00 bits per heavy atom. The molecular formula is C26H29F3N6O4. The average Bonchev–Trinajstić information content (AvgIpc) is 3.58. The number of carbonyl (C=O) groups is 1. The van der Waals surface area contributed by atoms with Gasteiger partial charge in [0.2, 0.25) is 5.91 Å². The molecule has 0 bridgehead atoms. The van der Waals surface area contributed by atoms with Gasteiger partial charge in [0, 0.05) is 47.9 Å². The second-order valence-corrected chi connectivity index (χ2v) is 9.01. The maximum atomic E-state index is 12.6. The monoisotopic (exact) mass is 546 g/mol. The van der Waals surface area contributed by atoms with Gasteiger partial charge in [-0.2, -0.15) is 5.10 Å². The van der Waals surface area contributed by atoms with Crippen molar-refractivity contribution in [2.45, 2.75) is 38.7 Å². The third-order valence-electron chi connectivity index (χ3n) is 5.95. The lowest BCUT2D eigenvalue weighted by atomic mass is 10.1. The fraction of sp³-hybridized carbons (Fsp3) is 0.346. The zero-order chi connectivity index (χ0) is 27.8. The number of anilines is 1. The molecule has 1 amide bonds. The van der Waals surface area contributed by atoms with E-state index in [4.69, 9.17) is 15.0 Å². The minimum atomic E-state index is -4.86. The van der Waals surface area contributed by atoms with E-state index in [1.807, 2.05) is 19.1 Å². The van der Waals surface area contributed by atoms with Gasteiger partial charge in [-0.25, -0.2) is 0 Å². The number of rotatable bonds is 14. The number of halogens is 3. The Hall–Kier alpha value is -4.10. The number of alkyl halides is 3. The number of fused-ring (bicyclic) bond motifs is 1. The molecule has 1 atom stereocenters. The van der Waals surface area contributed by atoms with Gasteiger partial charge in [-0.3, -0.25) is 9.89 Å². The van der Waals surface area contributed by atoms with E-state index in [-0.39, 0.29) is 18.2 Å². The van der Waals surface area contributed by atoms with Gasteiger partial charge in [-0.05, 0) is 61.2 Å². The van der Waals surface area contributed by atoms with Crippen molar-refractivity contribution in [2.75, 3.05) is 25.1 Å². The van der Waals surface area contributed by atoms with Gasteiger partial charge in [0.25, 0.3) is 0 Å². The fourth-order valence-corrected chi connectivity index (χ4v) is 4.05. The first-order valence-corrected chi connectivity index (χ1v) is 12.3. The summed E-state index contributed by atoms with van der Waals surface area (Å²) in [6.07, 6.45) is 1.70. The smallest absolute Gasteiger partial charge is 0.406 e. The summed E-state index contributed by atoms with van der Waals surface area (Å²) in [7, 11) is 0. The van der Waals surface area contributed by atoms with E-state index in [0.29, 0.717) is 25.3 Å². The van der Waals surface area contributed by atoms with Crippen LogP contribution in [0.4, 0.5) is 18.9 Å². The summed E-state index contributed by atoms with van der Waals surface area (Å²) in [5, 5.41) is 18.4. The summed E-state index contributed by atoms with van der Waals surface area (Å²) < 4.78 is 52.4. The van der Waals surface area contributed by atoms with Crippen molar-refractivity contribution < 1.29 is 32.0 Å². The normalized spacial score (nSPS) is 12.5. The Labute approximate surface area is 222 Å². The summed E-state index contributed by atoms with van der Waals surface area (Å²) in [6.45, 7) is 3.86. The molecule has 13 heteroatoms. The fourth-order valence-electron chi connectivity index (χ4n) is 4.05. The predicted octanol–water partition coefficient (Wildman–Crippen LogP) is 4.60. The van der Waals surface area contributed by atoms with Crippen molar-refractivity contribution in [2.24, 2.45) is 5.73 Å². The molecule has 10 nitrogen and oxygen atoms in total. The zero-order valence-electron chi connectivity index (χ0n) is 21.2. The molecule has 39 heavy (non-hydrogen) atoms. The molecule has 0 unspecified atom stereocenters. The van der Waals surface area contributed by atoms with Crippen molar-refractivity contribution >= 4 is 22.5 Å². The van der Waals surface area contributed by atoms with Crippen molar-refractivity contribution in [1.82, 2.24) is 20.7 Å². The summed E-state index contributed by atoms with van der Waals surface area (Å²) in [5.74, 6) is -1.32. The Morgan fingerprint density at radius 1 is 1.15 bits per heavy atom. The lowest BCUT2D eigenvalue weighted by Gasteiger charge is -2.16. The SMILES string of the molecule is C[C@@H](CCCOCCNc1cc(-c2cnoc2)cc2[nH]ncc12)NCc1cc(OC(F)(F)F)cc(C(N)=O)c1. The zero-order valence-corrected chi connectivity index (χ0v) is 21.2. The second-order valence-electron chi connectivity index (χ2n) is 9.01. The Balaban J connectivity index is 1.17. The molecule has 0 aliphatic heterocycles. The third-order valence-corrected chi connectivity index (χ3v) is 5.95. The van der Waals surface area contributed by atoms with Crippen LogP contribution in [0.15, 0.2) is 53.5 Å². The maximum Gasteiger partial charge on any atom is 0.573 e. The molecule has 0 aliphatic rings. The van der Waals surface area contributed by atoms with E-state index in [1.54, 1.807) is 18.7 Å². The number of nitrogens with two attached hydrogens (primary N) is 1. The van der Waals surface area contributed by atoms with Gasteiger partial charge in [0.15, 0.2) is 0 Å². The highest BCUT2D eigenvalue weighted by Gasteiger charge is 2.31. The van der Waals surface area contributed by atoms with Gasteiger partial charge >= 0.3 is 6.36 Å². The number of nitrogens with zero attached hydrogens (tertiary/aromatic N) is 2. The highest BCUT2D eigenvalue weighted by Crippen LogP contribution is 2.30. The van der Waals surface area contributed by atoms with Crippen LogP contribution in [0.3, 0.4) is 0 Å². The van der Waals surface area contributed by atoms with Crippen LogP contribution in [0, 0.1) is 0 Å². The van der Waals surface area contributed by atoms with Crippen LogP contribution >= 0.6 is 0 Å². The number of aromatic nitrogens is 3. The molecule has 208 valence electrons. The highest BCUT2D eigenvalue weighted by atomic mass is 19.4. The van der Waals surface area contributed by atoms with Crippen molar-refractivity contribution in [3.8, 4) is 16.9 Å². The van der Waals surface area contributed by atoms with Crippen LogP contribution in [0.25, 0.3) is 22.0 Å². The molecule has 0 radical (unpaired) electrons. The largest absolute Gasteiger partial charge is 0.573 e. The van der Waals surface area contributed by atoms with Gasteiger partial charge in [-0.15, -0.1) is 13.2 Å². The summed E-state index contributed by atoms with van der Waals surface area (Å²) >= 11 is 0. The van der Waals surface area contributed by atoms with Crippen molar-refractivity contribution in [3.63, 3.8) is 0 Å². The van der Waals surface area contributed by atoms with E-state index in [2.05, 4.69) is 30.7 Å². The van der Waals surface area contributed by atoms with Crippen molar-refractivity contribution in [1.29, 1.82) is 0 Å². The first kappa shape index (κ1) is 27.9. The van der Waals surface area contributed by atoms with Gasteiger partial charge in [0.05, 0.1) is 24.5 Å². The Bertz CT molecular complexity index is 1370. The van der Waals surface area contributed by atoms with E-state index in [0.717, 1.165) is 46.6 Å². The summed E-state index contributed by atoms with van der Waals surface area (Å²) in [6, 6.07) is 7.70. The molecule has 2 heterocycles. The number of ether oxygens (including phenoxy) is 2. The molecule has 0 aliphatic carbocycles. The van der Waals surface area contributed by atoms with E-state index >= 15 is 0 Å². The lowest BCUT2D eigenvalue weighted by Crippen LogP contribution is -2.26. The molecule has 2 aromatic heterocycles. The predicted molar refractivity (Wildman–Crippen MR) is 138 cm³/mol. The second kappa shape index (κ2) is 12.6. The minimum Gasteiger partial charge on any atom is -0.406 e. The summed E-state index contributed by atoms with van der Waals surface area (Å²) in [4.78, 5) is 11.5.